The molecule has 0 saturated heterocycles. The lowest BCUT2D eigenvalue weighted by Gasteiger charge is -2.06. The minimum atomic E-state index is -0.423. The Kier molecular flexibility index (Phi) is 5.28. The van der Waals surface area contributed by atoms with Crippen LogP contribution < -0.4 is 0 Å². The van der Waals surface area contributed by atoms with Gasteiger partial charge in [0, 0.05) is 22.6 Å². The molecule has 0 fully saturated rings. The first kappa shape index (κ1) is 16.2. The number of rotatable bonds is 5. The normalized spacial score (nSPS) is 10.3. The maximum Gasteiger partial charge on any atom is 0.305 e. The van der Waals surface area contributed by atoms with Gasteiger partial charge in [-0.15, -0.1) is 0 Å². The molecule has 0 N–H and O–H groups in total. The van der Waals surface area contributed by atoms with Crippen LogP contribution in [0.5, 0.6) is 0 Å². The maximum absolute atomic E-state index is 13.8. The van der Waals surface area contributed by atoms with E-state index in [0.717, 1.165) is 0 Å². The Balaban J connectivity index is 2.13. The van der Waals surface area contributed by atoms with Crippen LogP contribution in [0.3, 0.4) is 0 Å². The van der Waals surface area contributed by atoms with E-state index in [2.05, 4.69) is 4.74 Å². The smallest absolute Gasteiger partial charge is 0.305 e. The van der Waals surface area contributed by atoms with Crippen molar-refractivity contribution in [2.45, 2.75) is 12.8 Å². The predicted molar refractivity (Wildman–Crippen MR) is 82.4 cm³/mol. The number of hydrogen-bond acceptors (Lipinski definition) is 3. The molecule has 0 aliphatic rings. The number of halogens is 2. The molecular weight excluding hydrogens is 307 g/mol. The fraction of sp³-hybridized carbons (Fsp3) is 0.176. The SMILES string of the molecule is COC(=O)CCC(=O)c1ccc(-c2ccc(Cl)cc2F)cc1. The lowest BCUT2D eigenvalue weighted by atomic mass is 10.0. The Labute approximate surface area is 132 Å². The molecule has 0 radical (unpaired) electrons. The van der Waals surface area contributed by atoms with Crippen molar-refractivity contribution < 1.29 is 18.7 Å². The average molecular weight is 321 g/mol. The Bertz CT molecular complexity index is 696. The monoisotopic (exact) mass is 320 g/mol. The molecule has 2 aromatic carbocycles. The fourth-order valence-corrected chi connectivity index (χ4v) is 2.18. The van der Waals surface area contributed by atoms with Crippen molar-refractivity contribution in [3.05, 3.63) is 58.9 Å². The van der Waals surface area contributed by atoms with Crippen molar-refractivity contribution >= 4 is 23.4 Å². The van der Waals surface area contributed by atoms with E-state index >= 15 is 0 Å². The zero-order chi connectivity index (χ0) is 16.1. The summed E-state index contributed by atoms with van der Waals surface area (Å²) in [6, 6.07) is 11.0. The molecule has 114 valence electrons. The Morgan fingerprint density at radius 3 is 2.36 bits per heavy atom. The number of ether oxygens (including phenoxy) is 1. The highest BCUT2D eigenvalue weighted by Gasteiger charge is 2.11. The molecule has 3 nitrogen and oxygen atoms in total. The Hall–Kier alpha value is -2.20. The number of esters is 1. The van der Waals surface area contributed by atoms with E-state index in [1.165, 1.54) is 13.2 Å². The summed E-state index contributed by atoms with van der Waals surface area (Å²) >= 11 is 5.72. The molecule has 0 bridgehead atoms. The van der Waals surface area contributed by atoms with Crippen LogP contribution in [-0.2, 0) is 9.53 Å². The average Bonchev–Trinajstić information content (AvgIpc) is 2.52. The topological polar surface area (TPSA) is 43.4 Å². The van der Waals surface area contributed by atoms with Gasteiger partial charge < -0.3 is 4.74 Å². The highest BCUT2D eigenvalue weighted by molar-refractivity contribution is 6.30. The summed E-state index contributed by atoms with van der Waals surface area (Å²) in [5.41, 5.74) is 1.54. The second-order valence-electron chi connectivity index (χ2n) is 4.70. The number of carbonyl (C=O) groups excluding carboxylic acids is 2. The molecule has 0 aliphatic heterocycles. The lowest BCUT2D eigenvalue weighted by molar-refractivity contribution is -0.140. The first-order chi connectivity index (χ1) is 10.5. The molecule has 0 aromatic heterocycles. The van der Waals surface area contributed by atoms with Gasteiger partial charge in [-0.2, -0.15) is 0 Å². The molecule has 0 atom stereocenters. The van der Waals surface area contributed by atoms with Crippen molar-refractivity contribution in [1.82, 2.24) is 0 Å². The summed E-state index contributed by atoms with van der Waals surface area (Å²) < 4.78 is 18.3. The van der Waals surface area contributed by atoms with Crippen LogP contribution in [0.15, 0.2) is 42.5 Å². The second kappa shape index (κ2) is 7.18. The van der Waals surface area contributed by atoms with Crippen molar-refractivity contribution in [1.29, 1.82) is 0 Å². The third-order valence-electron chi connectivity index (χ3n) is 3.23. The molecule has 0 heterocycles. The van der Waals surface area contributed by atoms with E-state index in [0.29, 0.717) is 21.7 Å². The molecule has 0 spiro atoms. The van der Waals surface area contributed by atoms with Gasteiger partial charge in [-0.1, -0.05) is 35.9 Å². The largest absolute Gasteiger partial charge is 0.469 e. The second-order valence-corrected chi connectivity index (χ2v) is 5.14. The summed E-state index contributed by atoms with van der Waals surface area (Å²) in [6.07, 6.45) is 0.129. The minimum absolute atomic E-state index is 0.0445. The number of methoxy groups -OCH3 is 1. The zero-order valence-electron chi connectivity index (χ0n) is 11.9. The highest BCUT2D eigenvalue weighted by atomic mass is 35.5. The molecular formula is C17H14ClFO3. The van der Waals surface area contributed by atoms with Gasteiger partial charge in [-0.05, 0) is 23.8 Å². The van der Waals surface area contributed by atoms with Crippen LogP contribution in [0.1, 0.15) is 23.2 Å². The number of benzene rings is 2. The van der Waals surface area contributed by atoms with Crippen molar-refractivity contribution in [2.24, 2.45) is 0 Å². The summed E-state index contributed by atoms with van der Waals surface area (Å²) in [5.74, 6) is -1.00. The molecule has 2 rings (SSSR count). The lowest BCUT2D eigenvalue weighted by Crippen LogP contribution is -2.05. The van der Waals surface area contributed by atoms with Crippen LogP contribution in [0.4, 0.5) is 4.39 Å². The van der Waals surface area contributed by atoms with Gasteiger partial charge in [0.05, 0.1) is 13.5 Å². The fourth-order valence-electron chi connectivity index (χ4n) is 2.02. The van der Waals surface area contributed by atoms with Crippen molar-refractivity contribution in [3.63, 3.8) is 0 Å². The first-order valence-electron chi connectivity index (χ1n) is 6.67. The molecule has 0 unspecified atom stereocenters. The van der Waals surface area contributed by atoms with Crippen LogP contribution in [0.25, 0.3) is 11.1 Å². The molecule has 0 aliphatic carbocycles. The third kappa shape index (κ3) is 3.92. The number of ketones is 1. The quantitative estimate of drug-likeness (QED) is 0.610. The molecule has 5 heteroatoms. The van der Waals surface area contributed by atoms with Gasteiger partial charge in [-0.25, -0.2) is 4.39 Å². The maximum atomic E-state index is 13.8. The summed E-state index contributed by atoms with van der Waals surface area (Å²) in [6.45, 7) is 0. The van der Waals surface area contributed by atoms with E-state index in [4.69, 9.17) is 11.6 Å². The van der Waals surface area contributed by atoms with Gasteiger partial charge in [0.2, 0.25) is 0 Å². The van der Waals surface area contributed by atoms with E-state index < -0.39 is 11.8 Å². The van der Waals surface area contributed by atoms with Crippen LogP contribution >= 0.6 is 11.6 Å². The van der Waals surface area contributed by atoms with E-state index in [1.807, 2.05) is 0 Å². The summed E-state index contributed by atoms with van der Waals surface area (Å²) in [5, 5.41) is 0.329. The van der Waals surface area contributed by atoms with Crippen molar-refractivity contribution in [2.75, 3.05) is 7.11 Å². The van der Waals surface area contributed by atoms with Gasteiger partial charge in [0.15, 0.2) is 5.78 Å². The molecule has 0 saturated carbocycles. The number of carbonyl (C=O) groups is 2. The van der Waals surface area contributed by atoms with E-state index in [1.54, 1.807) is 36.4 Å². The number of hydrogen-bond donors (Lipinski definition) is 0. The third-order valence-corrected chi connectivity index (χ3v) is 3.47. The Morgan fingerprint density at radius 2 is 1.77 bits per heavy atom. The predicted octanol–water partition coefficient (Wildman–Crippen LogP) is 4.28. The highest BCUT2D eigenvalue weighted by Crippen LogP contribution is 2.25. The molecule has 0 amide bonds. The van der Waals surface area contributed by atoms with Crippen LogP contribution in [-0.4, -0.2) is 18.9 Å². The standard InChI is InChI=1S/C17H14ClFO3/c1-22-17(21)9-8-16(20)12-4-2-11(3-5-12)14-7-6-13(18)10-15(14)19/h2-7,10H,8-9H2,1H3. The van der Waals surface area contributed by atoms with Gasteiger partial charge in [-0.3, -0.25) is 9.59 Å². The van der Waals surface area contributed by atoms with Gasteiger partial charge in [0.1, 0.15) is 5.82 Å². The van der Waals surface area contributed by atoms with Gasteiger partial charge in [0.25, 0.3) is 0 Å². The van der Waals surface area contributed by atoms with Crippen LogP contribution in [0, 0.1) is 5.82 Å². The minimum Gasteiger partial charge on any atom is -0.469 e. The van der Waals surface area contributed by atoms with Gasteiger partial charge >= 0.3 is 5.97 Å². The Morgan fingerprint density at radius 1 is 1.09 bits per heavy atom. The van der Waals surface area contributed by atoms with Crippen LogP contribution in [0.2, 0.25) is 5.02 Å². The summed E-state index contributed by atoms with van der Waals surface area (Å²) in [4.78, 5) is 22.9. The molecule has 2 aromatic rings. The molecule has 22 heavy (non-hydrogen) atoms. The van der Waals surface area contributed by atoms with E-state index in [-0.39, 0.29) is 18.6 Å². The summed E-state index contributed by atoms with van der Waals surface area (Å²) in [7, 11) is 1.28. The first-order valence-corrected chi connectivity index (χ1v) is 7.04. The zero-order valence-corrected chi connectivity index (χ0v) is 12.7. The van der Waals surface area contributed by atoms with E-state index in [9.17, 15) is 14.0 Å². The number of Topliss-reactive ketones (excluding diaryl/α,β-unsaturated/α-hetero) is 1. The van der Waals surface area contributed by atoms with Crippen molar-refractivity contribution in [3.8, 4) is 11.1 Å².